The van der Waals surface area contributed by atoms with Gasteiger partial charge in [0.2, 0.25) is 0 Å². The maximum absolute atomic E-state index is 12.9. The number of nitrogens with one attached hydrogen (secondary N) is 1. The monoisotopic (exact) mass is 228 g/mol. The van der Waals surface area contributed by atoms with Crippen molar-refractivity contribution < 1.29 is 4.39 Å². The molecule has 0 amide bonds. The molecule has 86 valence electrons. The quantitative estimate of drug-likeness (QED) is 0.630. The lowest BCUT2D eigenvalue weighted by Gasteiger charge is -2.00. The Morgan fingerprint density at radius 3 is 2.59 bits per heavy atom. The Hall–Kier alpha value is -2.16. The minimum absolute atomic E-state index is 0.260. The number of aryl methyl sites for hydroxylation is 1. The van der Waals surface area contributed by atoms with Crippen LogP contribution in [0.4, 0.5) is 10.1 Å². The van der Waals surface area contributed by atoms with Gasteiger partial charge in [-0.25, -0.2) is 4.39 Å². The number of hydrogen-bond donors (Lipinski definition) is 1. The van der Waals surface area contributed by atoms with Gasteiger partial charge in [0, 0.05) is 0 Å². The SMILES string of the molecule is Cc1ccc(N/N=C/c2cccc(F)c2)cc1. The molecule has 0 aliphatic heterocycles. The average molecular weight is 228 g/mol. The summed E-state index contributed by atoms with van der Waals surface area (Å²) in [6.07, 6.45) is 1.59. The zero-order chi connectivity index (χ0) is 12.1. The topological polar surface area (TPSA) is 24.4 Å². The average Bonchev–Trinajstić information content (AvgIpc) is 2.32. The molecule has 0 radical (unpaired) electrons. The zero-order valence-electron chi connectivity index (χ0n) is 9.52. The second kappa shape index (κ2) is 5.25. The molecule has 0 aromatic heterocycles. The number of nitrogens with zero attached hydrogens (tertiary/aromatic N) is 1. The molecule has 0 saturated heterocycles. The van der Waals surface area contributed by atoms with Crippen LogP contribution in [-0.2, 0) is 0 Å². The van der Waals surface area contributed by atoms with Crippen molar-refractivity contribution in [1.29, 1.82) is 0 Å². The van der Waals surface area contributed by atoms with Crippen LogP contribution in [0.25, 0.3) is 0 Å². The fraction of sp³-hybridized carbons (Fsp3) is 0.0714. The molecule has 0 spiro atoms. The van der Waals surface area contributed by atoms with E-state index in [1.807, 2.05) is 31.2 Å². The summed E-state index contributed by atoms with van der Waals surface area (Å²) in [4.78, 5) is 0. The van der Waals surface area contributed by atoms with E-state index >= 15 is 0 Å². The Bertz CT molecular complexity index is 518. The largest absolute Gasteiger partial charge is 0.279 e. The first-order chi connectivity index (χ1) is 8.24. The van der Waals surface area contributed by atoms with E-state index < -0.39 is 0 Å². The summed E-state index contributed by atoms with van der Waals surface area (Å²) in [7, 11) is 0. The van der Waals surface area contributed by atoms with Gasteiger partial charge in [0.05, 0.1) is 11.9 Å². The van der Waals surface area contributed by atoms with E-state index in [4.69, 9.17) is 0 Å². The lowest BCUT2D eigenvalue weighted by atomic mass is 10.2. The summed E-state index contributed by atoms with van der Waals surface area (Å²) in [6.45, 7) is 2.03. The fourth-order valence-corrected chi connectivity index (χ4v) is 1.40. The summed E-state index contributed by atoms with van der Waals surface area (Å²) >= 11 is 0. The molecule has 0 bridgehead atoms. The van der Waals surface area contributed by atoms with Crippen molar-refractivity contribution in [2.45, 2.75) is 6.92 Å². The van der Waals surface area contributed by atoms with E-state index in [0.29, 0.717) is 0 Å². The number of hydrogen-bond acceptors (Lipinski definition) is 2. The van der Waals surface area contributed by atoms with Gasteiger partial charge >= 0.3 is 0 Å². The molecule has 2 rings (SSSR count). The van der Waals surface area contributed by atoms with Crippen molar-refractivity contribution in [3.8, 4) is 0 Å². The molecule has 3 heteroatoms. The van der Waals surface area contributed by atoms with Gasteiger partial charge in [-0.3, -0.25) is 5.43 Å². The Labute approximate surface area is 99.8 Å². The third kappa shape index (κ3) is 3.41. The highest BCUT2D eigenvalue weighted by molar-refractivity contribution is 5.80. The molecule has 0 fully saturated rings. The van der Waals surface area contributed by atoms with Crippen LogP contribution >= 0.6 is 0 Å². The third-order valence-electron chi connectivity index (χ3n) is 2.31. The minimum atomic E-state index is -0.260. The summed E-state index contributed by atoms with van der Waals surface area (Å²) in [5, 5.41) is 4.04. The second-order valence-electron chi connectivity index (χ2n) is 3.79. The van der Waals surface area contributed by atoms with Gasteiger partial charge < -0.3 is 0 Å². The smallest absolute Gasteiger partial charge is 0.123 e. The summed E-state index contributed by atoms with van der Waals surface area (Å²) in [6, 6.07) is 14.2. The van der Waals surface area contributed by atoms with E-state index in [0.717, 1.165) is 11.3 Å². The number of halogens is 1. The molecule has 0 aliphatic carbocycles. The van der Waals surface area contributed by atoms with Crippen LogP contribution in [-0.4, -0.2) is 6.21 Å². The van der Waals surface area contributed by atoms with Crippen molar-refractivity contribution >= 4 is 11.9 Å². The highest BCUT2D eigenvalue weighted by Gasteiger charge is 1.91. The molecule has 0 aliphatic rings. The van der Waals surface area contributed by atoms with Gasteiger partial charge in [-0.15, -0.1) is 0 Å². The van der Waals surface area contributed by atoms with Crippen LogP contribution in [0.5, 0.6) is 0 Å². The maximum atomic E-state index is 12.9. The predicted molar refractivity (Wildman–Crippen MR) is 68.8 cm³/mol. The fourth-order valence-electron chi connectivity index (χ4n) is 1.40. The van der Waals surface area contributed by atoms with Crippen molar-refractivity contribution in [1.82, 2.24) is 0 Å². The van der Waals surface area contributed by atoms with Crippen LogP contribution in [0.2, 0.25) is 0 Å². The van der Waals surface area contributed by atoms with Gasteiger partial charge in [-0.2, -0.15) is 5.10 Å². The third-order valence-corrected chi connectivity index (χ3v) is 2.31. The number of rotatable bonds is 3. The summed E-state index contributed by atoms with van der Waals surface area (Å²) < 4.78 is 12.9. The van der Waals surface area contributed by atoms with E-state index in [2.05, 4.69) is 10.5 Å². The first-order valence-corrected chi connectivity index (χ1v) is 5.35. The van der Waals surface area contributed by atoms with Gasteiger partial charge in [-0.05, 0) is 36.8 Å². The molecule has 0 unspecified atom stereocenters. The first-order valence-electron chi connectivity index (χ1n) is 5.35. The number of hydrazone groups is 1. The predicted octanol–water partition coefficient (Wildman–Crippen LogP) is 3.58. The Morgan fingerprint density at radius 1 is 1.12 bits per heavy atom. The molecular formula is C14H13FN2. The molecule has 0 saturated carbocycles. The van der Waals surface area contributed by atoms with Gasteiger partial charge in [0.15, 0.2) is 0 Å². The van der Waals surface area contributed by atoms with Gasteiger partial charge in [0.1, 0.15) is 5.82 Å². The molecule has 2 aromatic rings. The lowest BCUT2D eigenvalue weighted by molar-refractivity contribution is 0.627. The van der Waals surface area contributed by atoms with Crippen LogP contribution < -0.4 is 5.43 Å². The van der Waals surface area contributed by atoms with Crippen molar-refractivity contribution in [2.24, 2.45) is 5.10 Å². The van der Waals surface area contributed by atoms with Crippen molar-refractivity contribution in [3.05, 3.63) is 65.5 Å². The van der Waals surface area contributed by atoms with E-state index in [1.54, 1.807) is 18.3 Å². The Balaban J connectivity index is 2.00. The van der Waals surface area contributed by atoms with Crippen LogP contribution in [0.15, 0.2) is 53.6 Å². The van der Waals surface area contributed by atoms with E-state index in [9.17, 15) is 4.39 Å². The molecule has 2 nitrogen and oxygen atoms in total. The van der Waals surface area contributed by atoms with E-state index in [1.165, 1.54) is 17.7 Å². The molecule has 2 aromatic carbocycles. The molecule has 1 N–H and O–H groups in total. The van der Waals surface area contributed by atoms with Gasteiger partial charge in [0.25, 0.3) is 0 Å². The molecule has 0 heterocycles. The standard InChI is InChI=1S/C14H13FN2/c1-11-5-7-14(8-6-11)17-16-10-12-3-2-4-13(15)9-12/h2-10,17H,1H3/b16-10+. The second-order valence-corrected chi connectivity index (χ2v) is 3.79. The Kier molecular flexibility index (Phi) is 3.50. The highest BCUT2D eigenvalue weighted by atomic mass is 19.1. The van der Waals surface area contributed by atoms with Crippen molar-refractivity contribution in [3.63, 3.8) is 0 Å². The lowest BCUT2D eigenvalue weighted by Crippen LogP contribution is -1.90. The normalized spacial score (nSPS) is 10.7. The van der Waals surface area contributed by atoms with E-state index in [-0.39, 0.29) is 5.82 Å². The van der Waals surface area contributed by atoms with Crippen molar-refractivity contribution in [2.75, 3.05) is 5.43 Å². The maximum Gasteiger partial charge on any atom is 0.123 e. The van der Waals surface area contributed by atoms with Crippen LogP contribution in [0.1, 0.15) is 11.1 Å². The summed E-state index contributed by atoms with van der Waals surface area (Å²) in [5.41, 5.74) is 5.72. The summed E-state index contributed by atoms with van der Waals surface area (Å²) in [5.74, 6) is -0.260. The first kappa shape index (κ1) is 11.3. The molecule has 0 atom stereocenters. The molecular weight excluding hydrogens is 215 g/mol. The van der Waals surface area contributed by atoms with Crippen LogP contribution in [0, 0.1) is 12.7 Å². The Morgan fingerprint density at radius 2 is 1.88 bits per heavy atom. The van der Waals surface area contributed by atoms with Crippen LogP contribution in [0.3, 0.4) is 0 Å². The number of benzene rings is 2. The number of anilines is 1. The van der Waals surface area contributed by atoms with Gasteiger partial charge in [-0.1, -0.05) is 29.8 Å². The highest BCUT2D eigenvalue weighted by Crippen LogP contribution is 2.08. The minimum Gasteiger partial charge on any atom is -0.279 e. The zero-order valence-corrected chi connectivity index (χ0v) is 9.52. The molecule has 17 heavy (non-hydrogen) atoms.